The van der Waals surface area contributed by atoms with E-state index in [1.54, 1.807) is 35.7 Å². The van der Waals surface area contributed by atoms with E-state index in [1.165, 1.54) is 0 Å². The number of nitrogens with one attached hydrogen (secondary N) is 2. The van der Waals surface area contributed by atoms with Gasteiger partial charge in [-0.05, 0) is 23.8 Å². The maximum absolute atomic E-state index is 12.7. The van der Waals surface area contributed by atoms with Crippen molar-refractivity contribution in [3.05, 3.63) is 78.4 Å². The fourth-order valence-corrected chi connectivity index (χ4v) is 2.74. The van der Waals surface area contributed by atoms with E-state index in [1.807, 2.05) is 36.4 Å². The summed E-state index contributed by atoms with van der Waals surface area (Å²) in [6.45, 7) is 0.453. The maximum atomic E-state index is 12.7. The predicted molar refractivity (Wildman–Crippen MR) is 92.8 cm³/mol. The van der Waals surface area contributed by atoms with Crippen molar-refractivity contribution in [1.29, 1.82) is 0 Å². The van der Waals surface area contributed by atoms with Crippen LogP contribution in [0.4, 0.5) is 0 Å². The third-order valence-corrected chi connectivity index (χ3v) is 4.00. The van der Waals surface area contributed by atoms with Crippen molar-refractivity contribution in [3.63, 3.8) is 0 Å². The normalized spacial score (nSPS) is 12.2. The Morgan fingerprint density at radius 2 is 1.92 bits per heavy atom. The van der Waals surface area contributed by atoms with E-state index in [2.05, 4.69) is 25.5 Å². The zero-order valence-electron chi connectivity index (χ0n) is 13.3. The molecular weight excluding hydrogens is 316 g/mol. The number of rotatable bonds is 5. The Morgan fingerprint density at radius 1 is 1.12 bits per heavy atom. The molecular formula is C18H16N6O. The highest BCUT2D eigenvalue weighted by Gasteiger charge is 2.17. The smallest absolute Gasteiger partial charge is 0.251 e. The molecule has 0 radical (unpaired) electrons. The number of imidazole rings is 1. The molecule has 0 spiro atoms. The minimum absolute atomic E-state index is 0.155. The number of hydrogen-bond donors (Lipinski definition) is 2. The van der Waals surface area contributed by atoms with Crippen LogP contribution in [0.1, 0.15) is 22.0 Å². The average molecular weight is 332 g/mol. The van der Waals surface area contributed by atoms with Crippen molar-refractivity contribution < 1.29 is 4.79 Å². The van der Waals surface area contributed by atoms with Crippen LogP contribution in [0.5, 0.6) is 0 Å². The van der Waals surface area contributed by atoms with Gasteiger partial charge in [-0.15, -0.1) is 0 Å². The summed E-state index contributed by atoms with van der Waals surface area (Å²) in [5, 5.41) is 11.3. The first kappa shape index (κ1) is 15.1. The lowest BCUT2D eigenvalue weighted by Crippen LogP contribution is -2.32. The second-order valence-electron chi connectivity index (χ2n) is 5.66. The summed E-state index contributed by atoms with van der Waals surface area (Å²) in [7, 11) is 0. The molecule has 2 aromatic heterocycles. The first-order valence-corrected chi connectivity index (χ1v) is 7.92. The predicted octanol–water partition coefficient (Wildman–Crippen LogP) is 2.33. The summed E-state index contributed by atoms with van der Waals surface area (Å²) in [4.78, 5) is 21.5. The molecule has 0 aliphatic carbocycles. The van der Waals surface area contributed by atoms with Crippen LogP contribution >= 0.6 is 0 Å². The molecule has 1 amide bonds. The monoisotopic (exact) mass is 332 g/mol. The van der Waals surface area contributed by atoms with Gasteiger partial charge in [0, 0.05) is 5.56 Å². The van der Waals surface area contributed by atoms with E-state index < -0.39 is 0 Å². The lowest BCUT2D eigenvalue weighted by atomic mass is 10.1. The first-order chi connectivity index (χ1) is 12.3. The number of benzene rings is 2. The van der Waals surface area contributed by atoms with Gasteiger partial charge in [0.1, 0.15) is 0 Å². The zero-order valence-corrected chi connectivity index (χ0v) is 13.3. The Labute approximate surface area is 143 Å². The third-order valence-electron chi connectivity index (χ3n) is 4.00. The Balaban J connectivity index is 1.59. The van der Waals surface area contributed by atoms with Crippen molar-refractivity contribution in [2.24, 2.45) is 0 Å². The third kappa shape index (κ3) is 3.25. The van der Waals surface area contributed by atoms with Crippen molar-refractivity contribution in [3.8, 4) is 0 Å². The van der Waals surface area contributed by atoms with Gasteiger partial charge < -0.3 is 10.3 Å². The van der Waals surface area contributed by atoms with Crippen molar-refractivity contribution in [2.75, 3.05) is 0 Å². The van der Waals surface area contributed by atoms with E-state index in [0.717, 1.165) is 16.6 Å². The fourth-order valence-electron chi connectivity index (χ4n) is 2.74. The molecule has 4 rings (SSSR count). The number of nitrogens with zero attached hydrogens (tertiary/aromatic N) is 4. The van der Waals surface area contributed by atoms with Crippen LogP contribution in [-0.2, 0) is 6.54 Å². The molecule has 124 valence electrons. The van der Waals surface area contributed by atoms with Crippen LogP contribution in [0.2, 0.25) is 0 Å². The summed E-state index contributed by atoms with van der Waals surface area (Å²) in [6.07, 6.45) is 4.86. The van der Waals surface area contributed by atoms with Crippen LogP contribution in [0, 0.1) is 0 Å². The summed E-state index contributed by atoms with van der Waals surface area (Å²) >= 11 is 0. The molecule has 0 bridgehead atoms. The summed E-state index contributed by atoms with van der Waals surface area (Å²) in [6, 6.07) is 15.0. The highest BCUT2D eigenvalue weighted by atomic mass is 16.1. The lowest BCUT2D eigenvalue weighted by Gasteiger charge is -2.19. The Kier molecular flexibility index (Phi) is 3.96. The Bertz CT molecular complexity index is 977. The topological polar surface area (TPSA) is 88.5 Å². The summed E-state index contributed by atoms with van der Waals surface area (Å²) < 4.78 is 0. The van der Waals surface area contributed by atoms with Gasteiger partial charge in [0.15, 0.2) is 0 Å². The van der Waals surface area contributed by atoms with Crippen molar-refractivity contribution >= 4 is 16.9 Å². The standard InChI is InChI=1S/C18H16N6O/c25-18(14-6-7-15-16(10-14)20-12-19-15)23-17(11-24-21-8-9-22-24)13-4-2-1-3-5-13/h1-10,12,17H,11H2,(H,19,20)(H,23,25). The van der Waals surface area contributed by atoms with Crippen LogP contribution in [-0.4, -0.2) is 30.9 Å². The van der Waals surface area contributed by atoms with Crippen molar-refractivity contribution in [2.45, 2.75) is 12.6 Å². The number of amides is 1. The van der Waals surface area contributed by atoms with Crippen LogP contribution in [0.25, 0.3) is 11.0 Å². The van der Waals surface area contributed by atoms with E-state index in [4.69, 9.17) is 0 Å². The summed E-state index contributed by atoms with van der Waals surface area (Å²) in [5.74, 6) is -0.155. The highest BCUT2D eigenvalue weighted by molar-refractivity contribution is 5.97. The lowest BCUT2D eigenvalue weighted by molar-refractivity contribution is 0.0931. The molecule has 7 nitrogen and oxygen atoms in total. The molecule has 7 heteroatoms. The molecule has 1 unspecified atom stereocenters. The van der Waals surface area contributed by atoms with Gasteiger partial charge in [-0.25, -0.2) is 4.98 Å². The molecule has 2 aromatic carbocycles. The minimum atomic E-state index is -0.237. The Hall–Kier alpha value is -3.48. The summed E-state index contributed by atoms with van der Waals surface area (Å²) in [5.41, 5.74) is 3.23. The molecule has 2 heterocycles. The fraction of sp³-hybridized carbons (Fsp3) is 0.111. The van der Waals surface area contributed by atoms with E-state index >= 15 is 0 Å². The minimum Gasteiger partial charge on any atom is -0.345 e. The van der Waals surface area contributed by atoms with Gasteiger partial charge in [-0.1, -0.05) is 30.3 Å². The van der Waals surface area contributed by atoms with Gasteiger partial charge in [0.2, 0.25) is 0 Å². The zero-order chi connectivity index (χ0) is 17.1. The van der Waals surface area contributed by atoms with E-state index in [9.17, 15) is 4.79 Å². The van der Waals surface area contributed by atoms with Gasteiger partial charge in [-0.2, -0.15) is 15.0 Å². The largest absolute Gasteiger partial charge is 0.345 e. The molecule has 25 heavy (non-hydrogen) atoms. The second kappa shape index (κ2) is 6.56. The Morgan fingerprint density at radius 3 is 2.72 bits per heavy atom. The first-order valence-electron chi connectivity index (χ1n) is 7.92. The van der Waals surface area contributed by atoms with Crippen molar-refractivity contribution in [1.82, 2.24) is 30.3 Å². The average Bonchev–Trinajstić information content (AvgIpc) is 3.32. The molecule has 0 aliphatic rings. The molecule has 0 saturated carbocycles. The second-order valence-corrected chi connectivity index (χ2v) is 5.66. The van der Waals surface area contributed by atoms with Crippen LogP contribution in [0.3, 0.4) is 0 Å². The number of aromatic nitrogens is 5. The number of carbonyl (C=O) groups excluding carboxylic acids is 1. The number of H-pyrrole nitrogens is 1. The highest BCUT2D eigenvalue weighted by Crippen LogP contribution is 2.17. The molecule has 2 N–H and O–H groups in total. The van der Waals surface area contributed by atoms with Gasteiger partial charge in [0.05, 0.1) is 42.3 Å². The molecule has 0 saturated heterocycles. The molecule has 0 aliphatic heterocycles. The van der Waals surface area contributed by atoms with E-state index in [-0.39, 0.29) is 11.9 Å². The van der Waals surface area contributed by atoms with Crippen LogP contribution in [0.15, 0.2) is 67.3 Å². The molecule has 0 fully saturated rings. The van der Waals surface area contributed by atoms with Gasteiger partial charge >= 0.3 is 0 Å². The van der Waals surface area contributed by atoms with Gasteiger partial charge in [-0.3, -0.25) is 4.79 Å². The molecule has 1 atom stereocenters. The number of carbonyl (C=O) groups is 1. The molecule has 4 aromatic rings. The number of aromatic amines is 1. The van der Waals surface area contributed by atoms with Crippen LogP contribution < -0.4 is 5.32 Å². The SMILES string of the molecule is O=C(NC(Cn1nccn1)c1ccccc1)c1ccc2nc[nH]c2c1. The maximum Gasteiger partial charge on any atom is 0.251 e. The quantitative estimate of drug-likeness (QED) is 0.587. The number of fused-ring (bicyclic) bond motifs is 1. The van der Waals surface area contributed by atoms with E-state index in [0.29, 0.717) is 12.1 Å². The number of hydrogen-bond acceptors (Lipinski definition) is 4. The van der Waals surface area contributed by atoms with Gasteiger partial charge in [0.25, 0.3) is 5.91 Å².